The molecule has 0 saturated heterocycles. The highest BCUT2D eigenvalue weighted by molar-refractivity contribution is 6.32. The van der Waals surface area contributed by atoms with Crippen molar-refractivity contribution in [1.82, 2.24) is 14.9 Å². The summed E-state index contributed by atoms with van der Waals surface area (Å²) >= 11 is 6.26. The number of aliphatic hydroxyl groups is 2. The van der Waals surface area contributed by atoms with Crippen molar-refractivity contribution < 1.29 is 24.1 Å². The molecule has 0 saturated carbocycles. The van der Waals surface area contributed by atoms with Crippen molar-refractivity contribution in [2.75, 3.05) is 6.61 Å². The van der Waals surface area contributed by atoms with E-state index in [0.717, 1.165) is 0 Å². The molecule has 0 aliphatic rings. The van der Waals surface area contributed by atoms with Gasteiger partial charge in [0, 0.05) is 37.0 Å². The van der Waals surface area contributed by atoms with Crippen molar-refractivity contribution in [2.24, 2.45) is 7.05 Å². The van der Waals surface area contributed by atoms with Crippen LogP contribution in [0.3, 0.4) is 0 Å². The summed E-state index contributed by atoms with van der Waals surface area (Å²) < 4.78 is 22.3. The molecule has 3 N–H and O–H groups in total. The van der Waals surface area contributed by atoms with Gasteiger partial charge in [0.05, 0.1) is 16.8 Å². The number of hydrogen-bond donors (Lipinski definition) is 3. The zero-order chi connectivity index (χ0) is 26.6. The highest BCUT2D eigenvalue weighted by Gasteiger charge is 2.24. The molecule has 9 heteroatoms. The van der Waals surface area contributed by atoms with Crippen LogP contribution in [0.15, 0.2) is 42.6 Å². The van der Waals surface area contributed by atoms with Gasteiger partial charge in [-0.3, -0.25) is 4.79 Å². The average Bonchev–Trinajstić information content (AvgIpc) is 3.17. The first-order chi connectivity index (χ1) is 16.9. The van der Waals surface area contributed by atoms with Crippen molar-refractivity contribution in [2.45, 2.75) is 58.3 Å². The molecular weight excluding hydrogens is 485 g/mol. The van der Waals surface area contributed by atoms with Gasteiger partial charge in [-0.1, -0.05) is 17.7 Å². The largest absolute Gasteiger partial charge is 0.489 e. The standard InChI is InChI=1S/C27H33ClFN3O4/c1-16(2)36-24-9-7-18(14-21(24)28)25(34)30-19(10-11-33)12-17-6-8-20(22(29)13-17)23-15-32(5)26(31-23)27(3,4)35/h6-9,13-16,19,33,35H,10-12H2,1-5H3,(H,30,34)/t19-/m1/s1. The predicted octanol–water partition coefficient (Wildman–Crippen LogP) is 4.62. The van der Waals surface area contributed by atoms with Gasteiger partial charge < -0.3 is 24.8 Å². The van der Waals surface area contributed by atoms with Crippen LogP contribution < -0.4 is 10.1 Å². The molecule has 3 rings (SSSR count). The smallest absolute Gasteiger partial charge is 0.251 e. The van der Waals surface area contributed by atoms with E-state index in [0.29, 0.717) is 51.8 Å². The summed E-state index contributed by atoms with van der Waals surface area (Å²) in [5, 5.41) is 23.0. The van der Waals surface area contributed by atoms with E-state index in [1.54, 1.807) is 55.9 Å². The normalized spacial score (nSPS) is 12.6. The van der Waals surface area contributed by atoms with Crippen LogP contribution in [0.2, 0.25) is 5.02 Å². The van der Waals surface area contributed by atoms with Crippen molar-refractivity contribution in [1.29, 1.82) is 0 Å². The van der Waals surface area contributed by atoms with Crippen LogP contribution in [0.4, 0.5) is 4.39 Å². The lowest BCUT2D eigenvalue weighted by atomic mass is 10.0. The number of aromatic nitrogens is 2. The number of hydrogen-bond acceptors (Lipinski definition) is 5. The lowest BCUT2D eigenvalue weighted by Gasteiger charge is -2.19. The fraction of sp³-hybridized carbons (Fsp3) is 0.407. The molecule has 36 heavy (non-hydrogen) atoms. The summed E-state index contributed by atoms with van der Waals surface area (Å²) in [7, 11) is 1.75. The number of carbonyl (C=O) groups is 1. The molecule has 1 atom stereocenters. The molecule has 0 aliphatic carbocycles. The molecule has 0 fully saturated rings. The zero-order valence-electron chi connectivity index (χ0n) is 21.2. The van der Waals surface area contributed by atoms with Crippen LogP contribution in [0, 0.1) is 5.82 Å². The molecule has 2 aromatic carbocycles. The van der Waals surface area contributed by atoms with Gasteiger partial charge in [0.15, 0.2) is 0 Å². The van der Waals surface area contributed by atoms with Crippen LogP contribution in [-0.2, 0) is 19.1 Å². The van der Waals surface area contributed by atoms with Gasteiger partial charge in [-0.05, 0) is 76.4 Å². The molecule has 7 nitrogen and oxygen atoms in total. The van der Waals surface area contributed by atoms with Crippen molar-refractivity contribution in [3.05, 3.63) is 70.4 Å². The van der Waals surface area contributed by atoms with Gasteiger partial charge in [-0.15, -0.1) is 0 Å². The van der Waals surface area contributed by atoms with E-state index in [4.69, 9.17) is 16.3 Å². The van der Waals surface area contributed by atoms with Crippen molar-refractivity contribution in [3.63, 3.8) is 0 Å². The lowest BCUT2D eigenvalue weighted by Crippen LogP contribution is -2.37. The van der Waals surface area contributed by atoms with Crippen LogP contribution in [-0.4, -0.2) is 44.4 Å². The third kappa shape index (κ3) is 6.84. The minimum Gasteiger partial charge on any atom is -0.489 e. The average molecular weight is 518 g/mol. The molecule has 1 amide bonds. The number of rotatable bonds is 10. The highest BCUT2D eigenvalue weighted by Crippen LogP contribution is 2.28. The molecule has 194 valence electrons. The molecule has 0 aliphatic heterocycles. The van der Waals surface area contributed by atoms with Gasteiger partial charge in [0.2, 0.25) is 0 Å². The highest BCUT2D eigenvalue weighted by atomic mass is 35.5. The number of carbonyl (C=O) groups excluding carboxylic acids is 1. The first-order valence-corrected chi connectivity index (χ1v) is 12.2. The minimum atomic E-state index is -1.16. The minimum absolute atomic E-state index is 0.0517. The Morgan fingerprint density at radius 1 is 1.25 bits per heavy atom. The maximum Gasteiger partial charge on any atom is 0.251 e. The summed E-state index contributed by atoms with van der Waals surface area (Å²) in [5.74, 6) is 0.106. The molecule has 0 unspecified atom stereocenters. The molecule has 1 heterocycles. The third-order valence-corrected chi connectivity index (χ3v) is 5.88. The monoisotopic (exact) mass is 517 g/mol. The number of nitrogens with zero attached hydrogens (tertiary/aromatic N) is 2. The van der Waals surface area contributed by atoms with Crippen LogP contribution in [0.25, 0.3) is 11.3 Å². The Balaban J connectivity index is 1.75. The second kappa shape index (κ2) is 11.4. The molecule has 1 aromatic heterocycles. The Bertz CT molecular complexity index is 1220. The molecule has 3 aromatic rings. The quantitative estimate of drug-likeness (QED) is 0.365. The first kappa shape index (κ1) is 27.6. The number of ether oxygens (including phenoxy) is 1. The van der Waals surface area contributed by atoms with Crippen molar-refractivity contribution in [3.8, 4) is 17.0 Å². The van der Waals surface area contributed by atoms with E-state index in [1.807, 2.05) is 13.8 Å². The summed E-state index contributed by atoms with van der Waals surface area (Å²) in [4.78, 5) is 17.2. The van der Waals surface area contributed by atoms with Crippen molar-refractivity contribution >= 4 is 17.5 Å². The van der Waals surface area contributed by atoms with Gasteiger partial charge in [-0.2, -0.15) is 0 Å². The van der Waals surface area contributed by atoms with E-state index in [2.05, 4.69) is 10.3 Å². The van der Waals surface area contributed by atoms with Crippen LogP contribution in [0.5, 0.6) is 5.75 Å². The van der Waals surface area contributed by atoms with E-state index in [-0.39, 0.29) is 18.6 Å². The van der Waals surface area contributed by atoms with Gasteiger partial charge in [-0.25, -0.2) is 9.37 Å². The third-order valence-electron chi connectivity index (χ3n) is 5.58. The second-order valence-electron chi connectivity index (χ2n) is 9.63. The number of imidazole rings is 1. The SMILES string of the molecule is CC(C)Oc1ccc(C(=O)N[C@H](CCO)Cc2ccc(-c3cn(C)c(C(C)(C)O)n3)c(F)c2)cc1Cl. The van der Waals surface area contributed by atoms with E-state index in [1.165, 1.54) is 12.1 Å². The Morgan fingerprint density at radius 2 is 1.97 bits per heavy atom. The number of benzene rings is 2. The Kier molecular flexibility index (Phi) is 8.76. The van der Waals surface area contributed by atoms with Crippen LogP contribution in [0.1, 0.15) is 55.9 Å². The van der Waals surface area contributed by atoms with Gasteiger partial charge in [0.1, 0.15) is 23.0 Å². The van der Waals surface area contributed by atoms with E-state index >= 15 is 4.39 Å². The molecule has 0 spiro atoms. The Labute approximate surface area is 215 Å². The second-order valence-corrected chi connectivity index (χ2v) is 10.0. The van der Waals surface area contributed by atoms with E-state index < -0.39 is 17.5 Å². The number of aliphatic hydroxyl groups excluding tert-OH is 1. The van der Waals surface area contributed by atoms with Gasteiger partial charge in [0.25, 0.3) is 5.91 Å². The first-order valence-electron chi connectivity index (χ1n) is 11.8. The number of amides is 1. The molecule has 0 radical (unpaired) electrons. The fourth-order valence-electron chi connectivity index (χ4n) is 3.98. The predicted molar refractivity (Wildman–Crippen MR) is 138 cm³/mol. The van der Waals surface area contributed by atoms with Gasteiger partial charge >= 0.3 is 0 Å². The number of nitrogens with one attached hydrogen (secondary N) is 1. The fourth-order valence-corrected chi connectivity index (χ4v) is 4.21. The van der Waals surface area contributed by atoms with E-state index in [9.17, 15) is 15.0 Å². The van der Waals surface area contributed by atoms with Crippen LogP contribution >= 0.6 is 11.6 Å². The topological polar surface area (TPSA) is 96.6 Å². The lowest BCUT2D eigenvalue weighted by molar-refractivity contribution is 0.0659. The Hall–Kier alpha value is -2.94. The summed E-state index contributed by atoms with van der Waals surface area (Å²) in [5.41, 5.74) is 0.586. The maximum atomic E-state index is 15.0. The Morgan fingerprint density at radius 3 is 2.53 bits per heavy atom. The number of halogens is 2. The molecular formula is C27H33ClFN3O4. The summed E-state index contributed by atoms with van der Waals surface area (Å²) in [6.45, 7) is 6.87. The molecule has 0 bridgehead atoms. The number of aryl methyl sites for hydroxylation is 1. The summed E-state index contributed by atoms with van der Waals surface area (Å²) in [6, 6.07) is 9.18. The summed E-state index contributed by atoms with van der Waals surface area (Å²) in [6.07, 6.45) is 2.24. The maximum absolute atomic E-state index is 15.0. The zero-order valence-corrected chi connectivity index (χ0v) is 21.9.